The number of quaternary nitrogens is 1. The van der Waals surface area contributed by atoms with Crippen LogP contribution in [0.1, 0.15) is 18.0 Å². The van der Waals surface area contributed by atoms with Crippen LogP contribution in [0.4, 0.5) is 4.79 Å². The van der Waals surface area contributed by atoms with E-state index in [0.717, 1.165) is 50.5 Å². The SMILES string of the molecule is CN1C(=O)N[C@@H](c2ccccc2Cl)C2=C1CN(CCC[NH+]1CCOCC1)C2=O. The summed E-state index contributed by atoms with van der Waals surface area (Å²) in [6.45, 7) is 5.86. The molecule has 0 bridgehead atoms. The molecule has 0 radical (unpaired) electrons. The largest absolute Gasteiger partial charge is 0.370 e. The highest BCUT2D eigenvalue weighted by molar-refractivity contribution is 6.31. The summed E-state index contributed by atoms with van der Waals surface area (Å²) in [5.41, 5.74) is 2.16. The van der Waals surface area contributed by atoms with Crippen LogP contribution < -0.4 is 10.2 Å². The molecule has 3 heterocycles. The van der Waals surface area contributed by atoms with Gasteiger partial charge >= 0.3 is 6.03 Å². The number of likely N-dealkylation sites (N-methyl/N-ethyl adjacent to an activating group) is 1. The summed E-state index contributed by atoms with van der Waals surface area (Å²) in [5.74, 6) is -0.0104. The number of nitrogens with zero attached hydrogens (tertiary/aromatic N) is 2. The zero-order valence-corrected chi connectivity index (χ0v) is 16.8. The average molecular weight is 406 g/mol. The Balaban J connectivity index is 1.49. The lowest BCUT2D eigenvalue weighted by molar-refractivity contribution is -0.908. The number of carbonyl (C=O) groups is 2. The number of hydrogen-bond donors (Lipinski definition) is 2. The molecule has 3 aliphatic rings. The lowest BCUT2D eigenvalue weighted by atomic mass is 9.96. The van der Waals surface area contributed by atoms with E-state index in [1.54, 1.807) is 18.0 Å². The summed E-state index contributed by atoms with van der Waals surface area (Å²) < 4.78 is 5.40. The Morgan fingerprint density at radius 3 is 2.75 bits per heavy atom. The fourth-order valence-corrected chi connectivity index (χ4v) is 4.42. The van der Waals surface area contributed by atoms with Crippen LogP contribution >= 0.6 is 11.6 Å². The molecule has 1 fully saturated rings. The van der Waals surface area contributed by atoms with Gasteiger partial charge in [-0.15, -0.1) is 0 Å². The summed E-state index contributed by atoms with van der Waals surface area (Å²) >= 11 is 6.36. The quantitative estimate of drug-likeness (QED) is 0.747. The molecule has 28 heavy (non-hydrogen) atoms. The lowest BCUT2D eigenvalue weighted by Crippen LogP contribution is -3.14. The van der Waals surface area contributed by atoms with Gasteiger partial charge in [0.15, 0.2) is 0 Å². The van der Waals surface area contributed by atoms with Gasteiger partial charge in [-0.05, 0) is 11.6 Å². The lowest BCUT2D eigenvalue weighted by Gasteiger charge is -2.31. The molecule has 0 saturated carbocycles. The second-order valence-corrected chi connectivity index (χ2v) is 7.92. The van der Waals surface area contributed by atoms with Crippen LogP contribution in [0.25, 0.3) is 0 Å². The van der Waals surface area contributed by atoms with Crippen LogP contribution in [0.3, 0.4) is 0 Å². The molecule has 0 spiro atoms. The Morgan fingerprint density at radius 2 is 2.00 bits per heavy atom. The van der Waals surface area contributed by atoms with E-state index in [9.17, 15) is 9.59 Å². The van der Waals surface area contributed by atoms with Gasteiger partial charge in [-0.1, -0.05) is 29.8 Å². The minimum absolute atomic E-state index is 0.0104. The number of hydrogen-bond acceptors (Lipinski definition) is 3. The molecule has 8 heteroatoms. The summed E-state index contributed by atoms with van der Waals surface area (Å²) in [6.07, 6.45) is 0.934. The van der Waals surface area contributed by atoms with Gasteiger partial charge in [0.05, 0.1) is 43.6 Å². The number of carbonyl (C=O) groups excluding carboxylic acids is 2. The third-order valence-corrected chi connectivity index (χ3v) is 6.15. The zero-order chi connectivity index (χ0) is 19.7. The van der Waals surface area contributed by atoms with Crippen molar-refractivity contribution in [2.45, 2.75) is 12.5 Å². The van der Waals surface area contributed by atoms with Crippen LogP contribution in [0, 0.1) is 0 Å². The van der Waals surface area contributed by atoms with Gasteiger partial charge < -0.3 is 19.9 Å². The fraction of sp³-hybridized carbons (Fsp3) is 0.500. The highest BCUT2D eigenvalue weighted by Gasteiger charge is 2.43. The number of nitrogens with one attached hydrogen (secondary N) is 2. The number of ether oxygens (including phenoxy) is 1. The summed E-state index contributed by atoms with van der Waals surface area (Å²) in [7, 11) is 1.71. The van der Waals surface area contributed by atoms with Crippen molar-refractivity contribution in [3.05, 3.63) is 46.1 Å². The van der Waals surface area contributed by atoms with Gasteiger partial charge in [-0.2, -0.15) is 0 Å². The fourth-order valence-electron chi connectivity index (χ4n) is 4.18. The Labute approximate surface area is 169 Å². The third kappa shape index (κ3) is 3.62. The van der Waals surface area contributed by atoms with Crippen LogP contribution in [0.15, 0.2) is 35.5 Å². The molecule has 2 N–H and O–H groups in total. The molecular weight excluding hydrogens is 380 g/mol. The Bertz CT molecular complexity index is 806. The van der Waals surface area contributed by atoms with Crippen LogP contribution in [0.2, 0.25) is 5.02 Å². The highest BCUT2D eigenvalue weighted by Crippen LogP contribution is 2.37. The monoisotopic (exact) mass is 405 g/mol. The molecule has 1 aromatic carbocycles. The van der Waals surface area contributed by atoms with Gasteiger partial charge in [0, 0.05) is 25.0 Å². The Kier molecular flexibility index (Phi) is 5.57. The van der Waals surface area contributed by atoms with Crippen molar-refractivity contribution in [1.29, 1.82) is 0 Å². The normalized spacial score (nSPS) is 23.3. The first-order valence-electron chi connectivity index (χ1n) is 9.78. The maximum atomic E-state index is 13.2. The van der Waals surface area contributed by atoms with Crippen LogP contribution in [-0.2, 0) is 9.53 Å². The molecule has 0 unspecified atom stereocenters. The highest BCUT2D eigenvalue weighted by atomic mass is 35.5. The van der Waals surface area contributed by atoms with Gasteiger partial charge in [0.1, 0.15) is 13.1 Å². The second-order valence-electron chi connectivity index (χ2n) is 7.52. The topological polar surface area (TPSA) is 66.3 Å². The van der Waals surface area contributed by atoms with Crippen molar-refractivity contribution in [2.75, 3.05) is 53.0 Å². The first-order valence-corrected chi connectivity index (χ1v) is 10.2. The number of rotatable bonds is 5. The molecule has 7 nitrogen and oxygen atoms in total. The summed E-state index contributed by atoms with van der Waals surface area (Å²) in [6, 6.07) is 6.64. The molecular formula is C20H26ClN4O3+. The molecule has 0 aromatic heterocycles. The zero-order valence-electron chi connectivity index (χ0n) is 16.0. The predicted molar refractivity (Wildman–Crippen MR) is 105 cm³/mol. The van der Waals surface area contributed by atoms with Gasteiger partial charge in [-0.3, -0.25) is 9.69 Å². The van der Waals surface area contributed by atoms with E-state index in [2.05, 4.69) is 5.32 Å². The molecule has 1 aromatic rings. The Hall–Kier alpha value is -2.09. The first kappa shape index (κ1) is 19.2. The van der Waals surface area contributed by atoms with Crippen molar-refractivity contribution in [2.24, 2.45) is 0 Å². The number of amides is 3. The van der Waals surface area contributed by atoms with Crippen molar-refractivity contribution >= 4 is 23.5 Å². The van der Waals surface area contributed by atoms with Crippen molar-refractivity contribution in [1.82, 2.24) is 15.1 Å². The van der Waals surface area contributed by atoms with Crippen molar-refractivity contribution < 1.29 is 19.2 Å². The molecule has 3 aliphatic heterocycles. The smallest absolute Gasteiger partial charge is 0.322 e. The standard InChI is InChI=1S/C20H25ClN4O3/c1-23-16-13-25(8-4-7-24-9-11-28-12-10-24)19(26)17(16)18(22-20(23)27)14-5-2-3-6-15(14)21/h2-3,5-6,18H,4,7-13H2,1H3,(H,22,27)/p+1/t18-/m0/s1. The molecule has 3 amide bonds. The number of benzene rings is 1. The van der Waals surface area contributed by atoms with Gasteiger partial charge in [-0.25, -0.2) is 4.79 Å². The summed E-state index contributed by atoms with van der Waals surface area (Å²) in [4.78, 5) is 30.6. The van der Waals surface area contributed by atoms with E-state index < -0.39 is 6.04 Å². The average Bonchev–Trinajstić information content (AvgIpc) is 3.03. The van der Waals surface area contributed by atoms with Crippen molar-refractivity contribution in [3.63, 3.8) is 0 Å². The van der Waals surface area contributed by atoms with E-state index in [0.29, 0.717) is 23.7 Å². The van der Waals surface area contributed by atoms with Gasteiger partial charge in [0.2, 0.25) is 0 Å². The number of halogens is 1. The van der Waals surface area contributed by atoms with E-state index in [-0.39, 0.29) is 11.9 Å². The number of urea groups is 1. The molecule has 4 rings (SSSR count). The third-order valence-electron chi connectivity index (χ3n) is 5.81. The molecule has 150 valence electrons. The molecule has 1 saturated heterocycles. The minimum Gasteiger partial charge on any atom is -0.370 e. The van der Waals surface area contributed by atoms with E-state index in [1.807, 2.05) is 23.1 Å². The van der Waals surface area contributed by atoms with E-state index in [1.165, 1.54) is 4.90 Å². The van der Waals surface area contributed by atoms with Gasteiger partial charge in [0.25, 0.3) is 5.91 Å². The van der Waals surface area contributed by atoms with Crippen molar-refractivity contribution in [3.8, 4) is 0 Å². The van der Waals surface area contributed by atoms with Crippen LogP contribution in [-0.4, -0.2) is 74.7 Å². The summed E-state index contributed by atoms with van der Waals surface area (Å²) in [5, 5.41) is 3.48. The molecule has 0 aliphatic carbocycles. The Morgan fingerprint density at radius 1 is 1.25 bits per heavy atom. The minimum atomic E-state index is -0.505. The first-order chi connectivity index (χ1) is 13.6. The maximum Gasteiger partial charge on any atom is 0.322 e. The van der Waals surface area contributed by atoms with E-state index >= 15 is 0 Å². The second kappa shape index (κ2) is 8.11. The van der Waals surface area contributed by atoms with Crippen LogP contribution in [0.5, 0.6) is 0 Å². The number of morpholine rings is 1. The predicted octanol–water partition coefficient (Wildman–Crippen LogP) is 0.438. The maximum absolute atomic E-state index is 13.2. The van der Waals surface area contributed by atoms with E-state index in [4.69, 9.17) is 16.3 Å². The molecule has 1 atom stereocenters.